The van der Waals surface area contributed by atoms with Crippen LogP contribution in [0.1, 0.15) is 20.7 Å². The van der Waals surface area contributed by atoms with Crippen LogP contribution in [0, 0.1) is 0 Å². The minimum absolute atomic E-state index is 0.144. The molecule has 2 heterocycles. The summed E-state index contributed by atoms with van der Waals surface area (Å²) in [5.41, 5.74) is 1.06. The molecule has 0 aliphatic carbocycles. The van der Waals surface area contributed by atoms with E-state index >= 15 is 0 Å². The van der Waals surface area contributed by atoms with Gasteiger partial charge in [-0.2, -0.15) is 11.3 Å². The number of hydrogen-bond acceptors (Lipinski definition) is 5. The van der Waals surface area contributed by atoms with Crippen molar-refractivity contribution in [2.45, 2.75) is 0 Å². The molecular formula is C13H12N2O3S. The van der Waals surface area contributed by atoms with Crippen LogP contribution in [0.25, 0.3) is 0 Å². The van der Waals surface area contributed by atoms with Gasteiger partial charge in [0.05, 0.1) is 12.1 Å². The second-order valence-electron chi connectivity index (χ2n) is 3.64. The summed E-state index contributed by atoms with van der Waals surface area (Å²) in [4.78, 5) is 27.0. The van der Waals surface area contributed by atoms with Gasteiger partial charge in [-0.25, -0.2) is 4.79 Å². The van der Waals surface area contributed by atoms with Crippen molar-refractivity contribution in [1.29, 1.82) is 0 Å². The molecule has 0 aliphatic rings. The molecule has 0 fully saturated rings. The standard InChI is InChI=1S/C13H12N2O3S/c16-12(10-1-4-14-5-2-10)15-6-7-18-13(17)11-3-8-19-9-11/h1-5,8-9H,6-7H2,(H,15,16). The quantitative estimate of drug-likeness (QED) is 0.667. The highest BCUT2D eigenvalue weighted by molar-refractivity contribution is 7.08. The number of hydrogen-bond donors (Lipinski definition) is 1. The van der Waals surface area contributed by atoms with Gasteiger partial charge in [-0.15, -0.1) is 0 Å². The summed E-state index contributed by atoms with van der Waals surface area (Å²) in [7, 11) is 0. The lowest BCUT2D eigenvalue weighted by Crippen LogP contribution is -2.28. The molecular weight excluding hydrogens is 264 g/mol. The maximum Gasteiger partial charge on any atom is 0.339 e. The second-order valence-corrected chi connectivity index (χ2v) is 4.42. The lowest BCUT2D eigenvalue weighted by atomic mass is 10.2. The molecule has 0 aromatic carbocycles. The zero-order chi connectivity index (χ0) is 13.5. The fourth-order valence-corrected chi connectivity index (χ4v) is 2.00. The van der Waals surface area contributed by atoms with E-state index in [4.69, 9.17) is 4.74 Å². The predicted molar refractivity (Wildman–Crippen MR) is 71.2 cm³/mol. The Morgan fingerprint density at radius 1 is 1.21 bits per heavy atom. The fourth-order valence-electron chi connectivity index (χ4n) is 1.38. The first kappa shape index (κ1) is 13.2. The van der Waals surface area contributed by atoms with Crippen molar-refractivity contribution >= 4 is 23.2 Å². The van der Waals surface area contributed by atoms with Crippen molar-refractivity contribution in [2.24, 2.45) is 0 Å². The number of nitrogens with zero attached hydrogens (tertiary/aromatic N) is 1. The van der Waals surface area contributed by atoms with Crippen molar-refractivity contribution in [3.05, 3.63) is 52.5 Å². The largest absolute Gasteiger partial charge is 0.460 e. The third kappa shape index (κ3) is 3.89. The Kier molecular flexibility index (Phi) is 4.63. The first-order valence-corrected chi connectivity index (χ1v) is 6.59. The molecule has 2 rings (SSSR count). The van der Waals surface area contributed by atoms with E-state index in [1.54, 1.807) is 36.0 Å². The minimum atomic E-state index is -0.376. The van der Waals surface area contributed by atoms with Gasteiger partial charge < -0.3 is 10.1 Å². The number of carbonyl (C=O) groups excluding carboxylic acids is 2. The summed E-state index contributed by atoms with van der Waals surface area (Å²) in [5, 5.41) is 6.19. The number of aromatic nitrogens is 1. The minimum Gasteiger partial charge on any atom is -0.460 e. The van der Waals surface area contributed by atoms with E-state index in [1.165, 1.54) is 11.3 Å². The SMILES string of the molecule is O=C(NCCOC(=O)c1ccsc1)c1ccncc1. The van der Waals surface area contributed by atoms with Crippen LogP contribution < -0.4 is 5.32 Å². The smallest absolute Gasteiger partial charge is 0.339 e. The van der Waals surface area contributed by atoms with Gasteiger partial charge in [0.25, 0.3) is 5.91 Å². The molecule has 0 aliphatic heterocycles. The van der Waals surface area contributed by atoms with Crippen LogP contribution in [-0.2, 0) is 4.74 Å². The number of thiophene rings is 1. The maximum atomic E-state index is 11.6. The summed E-state index contributed by atoms with van der Waals surface area (Å²) in [6.07, 6.45) is 3.09. The summed E-state index contributed by atoms with van der Waals surface area (Å²) in [5.74, 6) is -0.589. The highest BCUT2D eigenvalue weighted by Gasteiger charge is 2.07. The van der Waals surface area contributed by atoms with Crippen LogP contribution >= 0.6 is 11.3 Å². The monoisotopic (exact) mass is 276 g/mol. The zero-order valence-electron chi connectivity index (χ0n) is 10.0. The highest BCUT2D eigenvalue weighted by atomic mass is 32.1. The molecule has 0 saturated heterocycles. The van der Waals surface area contributed by atoms with E-state index in [0.29, 0.717) is 11.1 Å². The summed E-state index contributed by atoms with van der Waals surface area (Å²) in [6, 6.07) is 4.93. The molecule has 1 amide bonds. The van der Waals surface area contributed by atoms with Crippen LogP contribution in [0.4, 0.5) is 0 Å². The Morgan fingerprint density at radius 3 is 2.68 bits per heavy atom. The second kappa shape index (κ2) is 6.65. The molecule has 6 heteroatoms. The van der Waals surface area contributed by atoms with Gasteiger partial charge >= 0.3 is 5.97 Å². The Bertz CT molecular complexity index is 540. The van der Waals surface area contributed by atoms with E-state index in [1.807, 2.05) is 5.38 Å². The van der Waals surface area contributed by atoms with E-state index in [9.17, 15) is 9.59 Å². The lowest BCUT2D eigenvalue weighted by molar-refractivity contribution is 0.0504. The molecule has 1 N–H and O–H groups in total. The molecule has 0 spiro atoms. The third-order valence-corrected chi connectivity index (χ3v) is 3.00. The average molecular weight is 276 g/mol. The van der Waals surface area contributed by atoms with Crippen molar-refractivity contribution in [2.75, 3.05) is 13.2 Å². The molecule has 98 valence electrons. The first-order valence-electron chi connectivity index (χ1n) is 5.65. The highest BCUT2D eigenvalue weighted by Crippen LogP contribution is 2.07. The van der Waals surface area contributed by atoms with Crippen LogP contribution in [-0.4, -0.2) is 30.0 Å². The Balaban J connectivity index is 1.70. The number of amides is 1. The fraction of sp³-hybridized carbons (Fsp3) is 0.154. The van der Waals surface area contributed by atoms with Crippen LogP contribution in [0.2, 0.25) is 0 Å². The Hall–Kier alpha value is -2.21. The van der Waals surface area contributed by atoms with Crippen LogP contribution in [0.15, 0.2) is 41.4 Å². The van der Waals surface area contributed by atoms with E-state index < -0.39 is 0 Å². The van der Waals surface area contributed by atoms with Crippen LogP contribution in [0.3, 0.4) is 0 Å². The molecule has 0 radical (unpaired) electrons. The van der Waals surface area contributed by atoms with Crippen molar-refractivity contribution < 1.29 is 14.3 Å². The van der Waals surface area contributed by atoms with E-state index in [2.05, 4.69) is 10.3 Å². The Labute approximate surface area is 114 Å². The number of nitrogens with one attached hydrogen (secondary N) is 1. The first-order chi connectivity index (χ1) is 9.27. The molecule has 0 unspecified atom stereocenters. The van der Waals surface area contributed by atoms with Crippen LogP contribution in [0.5, 0.6) is 0 Å². The van der Waals surface area contributed by atoms with E-state index in [-0.39, 0.29) is 25.0 Å². The predicted octanol–water partition coefficient (Wildman–Crippen LogP) is 1.73. The summed E-state index contributed by atoms with van der Waals surface area (Å²) >= 11 is 1.43. The molecule has 2 aromatic rings. The molecule has 0 atom stereocenters. The van der Waals surface area contributed by atoms with Gasteiger partial charge in [-0.05, 0) is 23.6 Å². The molecule has 19 heavy (non-hydrogen) atoms. The summed E-state index contributed by atoms with van der Waals surface area (Å²) < 4.78 is 5.01. The molecule has 0 saturated carbocycles. The van der Waals surface area contributed by atoms with Gasteiger partial charge in [0.15, 0.2) is 0 Å². The maximum absolute atomic E-state index is 11.6. The Morgan fingerprint density at radius 2 is 2.00 bits per heavy atom. The molecule has 0 bridgehead atoms. The normalized spacial score (nSPS) is 9.89. The van der Waals surface area contributed by atoms with Crippen molar-refractivity contribution in [1.82, 2.24) is 10.3 Å². The third-order valence-electron chi connectivity index (χ3n) is 2.32. The summed E-state index contributed by atoms with van der Waals surface area (Å²) in [6.45, 7) is 0.419. The van der Waals surface area contributed by atoms with Crippen molar-refractivity contribution in [3.63, 3.8) is 0 Å². The number of ether oxygens (including phenoxy) is 1. The van der Waals surface area contributed by atoms with Gasteiger partial charge in [0.2, 0.25) is 0 Å². The number of carbonyl (C=O) groups is 2. The number of esters is 1. The van der Waals surface area contributed by atoms with Gasteiger partial charge in [-0.3, -0.25) is 9.78 Å². The number of rotatable bonds is 5. The molecule has 5 nitrogen and oxygen atoms in total. The number of pyridine rings is 1. The average Bonchev–Trinajstić information content (AvgIpc) is 2.98. The zero-order valence-corrected chi connectivity index (χ0v) is 10.9. The topological polar surface area (TPSA) is 68.3 Å². The molecule has 2 aromatic heterocycles. The lowest BCUT2D eigenvalue weighted by Gasteiger charge is -2.05. The van der Waals surface area contributed by atoms with Gasteiger partial charge in [0.1, 0.15) is 6.61 Å². The van der Waals surface area contributed by atoms with E-state index in [0.717, 1.165) is 0 Å². The van der Waals surface area contributed by atoms with Gasteiger partial charge in [-0.1, -0.05) is 0 Å². The van der Waals surface area contributed by atoms with Crippen molar-refractivity contribution in [3.8, 4) is 0 Å². The van der Waals surface area contributed by atoms with Gasteiger partial charge in [0, 0.05) is 23.3 Å².